The van der Waals surface area contributed by atoms with Gasteiger partial charge in [-0.25, -0.2) is 14.6 Å². The van der Waals surface area contributed by atoms with Gasteiger partial charge in [0.05, 0.1) is 39.0 Å². The van der Waals surface area contributed by atoms with Crippen molar-refractivity contribution in [1.29, 1.82) is 0 Å². The van der Waals surface area contributed by atoms with Crippen LogP contribution in [0.4, 0.5) is 5.82 Å². The van der Waals surface area contributed by atoms with Crippen LogP contribution in [0.1, 0.15) is 19.4 Å². The molecule has 0 aliphatic carbocycles. The van der Waals surface area contributed by atoms with E-state index in [0.29, 0.717) is 49.5 Å². The Hall–Kier alpha value is -3.31. The average molecular weight is 501 g/mol. The fourth-order valence-electron chi connectivity index (χ4n) is 3.29. The van der Waals surface area contributed by atoms with Crippen LogP contribution in [0.3, 0.4) is 0 Å². The average Bonchev–Trinajstić information content (AvgIpc) is 3.28. The van der Waals surface area contributed by atoms with Crippen molar-refractivity contribution >= 4 is 40.6 Å². The molecule has 0 saturated carbocycles. The molecule has 3 rings (SSSR count). The van der Waals surface area contributed by atoms with Crippen LogP contribution in [0.15, 0.2) is 35.6 Å². The third-order valence-corrected chi connectivity index (χ3v) is 5.68. The molecule has 1 amide bonds. The highest BCUT2D eigenvalue weighted by Gasteiger charge is 2.13. The Balaban J connectivity index is 1.62. The minimum absolute atomic E-state index is 0.202. The van der Waals surface area contributed by atoms with Crippen molar-refractivity contribution in [2.45, 2.75) is 25.5 Å². The van der Waals surface area contributed by atoms with Crippen LogP contribution < -0.4 is 20.1 Å². The Morgan fingerprint density at radius 1 is 1.14 bits per heavy atom. The Morgan fingerprint density at radius 2 is 1.97 bits per heavy atom. The van der Waals surface area contributed by atoms with Crippen LogP contribution in [0.5, 0.6) is 11.5 Å². The van der Waals surface area contributed by atoms with Gasteiger partial charge in [0.25, 0.3) is 0 Å². The Morgan fingerprint density at radius 3 is 2.71 bits per heavy atom. The lowest BCUT2D eigenvalue weighted by Crippen LogP contribution is -2.25. The molecule has 0 unspecified atom stereocenters. The monoisotopic (exact) mass is 500 g/mol. The molecule has 0 saturated heterocycles. The van der Waals surface area contributed by atoms with Gasteiger partial charge in [0.1, 0.15) is 5.82 Å². The maximum absolute atomic E-state index is 12.3. The predicted molar refractivity (Wildman–Crippen MR) is 138 cm³/mol. The van der Waals surface area contributed by atoms with Crippen molar-refractivity contribution in [3.05, 3.63) is 36.0 Å². The second-order valence-electron chi connectivity index (χ2n) is 7.26. The van der Waals surface area contributed by atoms with Gasteiger partial charge in [-0.2, -0.15) is 5.10 Å². The van der Waals surface area contributed by atoms with E-state index in [9.17, 15) is 4.79 Å². The van der Waals surface area contributed by atoms with E-state index in [1.807, 2.05) is 19.1 Å². The normalized spacial score (nSPS) is 11.2. The molecule has 188 valence electrons. The molecule has 0 aliphatic heterocycles. The standard InChI is InChI=1S/C24H32N6O4S/c1-5-34-14-12-26-22-18-16-27-30(23(18)29-24(28-22)35-6-2)13-11-25-21(31)10-8-17-7-9-19(32-3)20(15-17)33-4/h7-10,15-16H,5-6,11-14H2,1-4H3,(H,25,31)(H,26,28,29)/b10-8-. The Labute approximate surface area is 209 Å². The number of rotatable bonds is 14. The quantitative estimate of drug-likeness (QED) is 0.149. The van der Waals surface area contributed by atoms with E-state index in [0.717, 1.165) is 28.2 Å². The lowest BCUT2D eigenvalue weighted by atomic mass is 10.2. The molecule has 0 spiro atoms. The van der Waals surface area contributed by atoms with Gasteiger partial charge >= 0.3 is 0 Å². The summed E-state index contributed by atoms with van der Waals surface area (Å²) >= 11 is 1.57. The van der Waals surface area contributed by atoms with Crippen LogP contribution in [0.2, 0.25) is 0 Å². The predicted octanol–water partition coefficient (Wildman–Crippen LogP) is 3.23. The Bertz CT molecular complexity index is 1150. The van der Waals surface area contributed by atoms with Gasteiger partial charge in [0.15, 0.2) is 22.3 Å². The fraction of sp³-hybridized carbons (Fsp3) is 0.417. The van der Waals surface area contributed by atoms with E-state index in [1.165, 1.54) is 6.08 Å². The number of amides is 1. The van der Waals surface area contributed by atoms with Crippen molar-refractivity contribution in [1.82, 2.24) is 25.1 Å². The number of aromatic nitrogens is 4. The minimum Gasteiger partial charge on any atom is -0.493 e. The van der Waals surface area contributed by atoms with Crippen molar-refractivity contribution < 1.29 is 19.0 Å². The molecular weight excluding hydrogens is 468 g/mol. The van der Waals surface area contributed by atoms with Crippen LogP contribution in [-0.4, -0.2) is 71.9 Å². The number of nitrogens with one attached hydrogen (secondary N) is 2. The number of methoxy groups -OCH3 is 2. The van der Waals surface area contributed by atoms with E-state index in [4.69, 9.17) is 14.2 Å². The highest BCUT2D eigenvalue weighted by molar-refractivity contribution is 7.99. The number of benzene rings is 1. The first-order chi connectivity index (χ1) is 17.1. The maximum Gasteiger partial charge on any atom is 0.244 e. The SMILES string of the molecule is CCOCCNc1nc(SCC)nc2c1cnn2CCNC(=O)/C=C\c1ccc(OC)c(OC)c1. The molecule has 0 bridgehead atoms. The number of anilines is 1. The van der Waals surface area contributed by atoms with Crippen LogP contribution >= 0.6 is 11.8 Å². The third kappa shape index (κ3) is 7.33. The maximum atomic E-state index is 12.3. The summed E-state index contributed by atoms with van der Waals surface area (Å²) < 4.78 is 17.7. The van der Waals surface area contributed by atoms with Gasteiger partial charge in [0.2, 0.25) is 5.91 Å². The molecule has 35 heavy (non-hydrogen) atoms. The fourth-order valence-corrected chi connectivity index (χ4v) is 3.85. The van der Waals surface area contributed by atoms with E-state index in [2.05, 4.69) is 32.6 Å². The third-order valence-electron chi connectivity index (χ3n) is 4.95. The lowest BCUT2D eigenvalue weighted by Gasteiger charge is -2.09. The number of ether oxygens (including phenoxy) is 3. The van der Waals surface area contributed by atoms with Gasteiger partial charge in [-0.15, -0.1) is 0 Å². The van der Waals surface area contributed by atoms with E-state index in [1.54, 1.807) is 49.0 Å². The van der Waals surface area contributed by atoms with Crippen molar-refractivity contribution in [2.75, 3.05) is 51.6 Å². The van der Waals surface area contributed by atoms with E-state index < -0.39 is 0 Å². The lowest BCUT2D eigenvalue weighted by molar-refractivity contribution is -0.116. The summed E-state index contributed by atoms with van der Waals surface area (Å²) in [5.41, 5.74) is 1.56. The molecule has 10 nitrogen and oxygen atoms in total. The molecule has 1 aromatic carbocycles. The number of thioether (sulfide) groups is 1. The van der Waals surface area contributed by atoms with E-state index in [-0.39, 0.29) is 5.91 Å². The van der Waals surface area contributed by atoms with Gasteiger partial charge in [-0.3, -0.25) is 4.79 Å². The second kappa shape index (κ2) is 13.5. The molecule has 2 N–H and O–H groups in total. The molecular formula is C24H32N6O4S. The van der Waals surface area contributed by atoms with Gasteiger partial charge in [0, 0.05) is 25.8 Å². The number of carbonyl (C=O) groups is 1. The zero-order valence-electron chi connectivity index (χ0n) is 20.5. The highest BCUT2D eigenvalue weighted by Crippen LogP contribution is 2.28. The smallest absolute Gasteiger partial charge is 0.244 e. The first kappa shape index (κ1) is 26.3. The van der Waals surface area contributed by atoms with Crippen LogP contribution in [0, 0.1) is 0 Å². The minimum atomic E-state index is -0.202. The molecule has 0 fully saturated rings. The molecule has 3 aromatic rings. The first-order valence-corrected chi connectivity index (χ1v) is 12.4. The number of hydrogen-bond acceptors (Lipinski definition) is 9. The highest BCUT2D eigenvalue weighted by atomic mass is 32.2. The van der Waals surface area contributed by atoms with Gasteiger partial charge in [-0.1, -0.05) is 24.8 Å². The number of hydrogen-bond donors (Lipinski definition) is 2. The van der Waals surface area contributed by atoms with Crippen molar-refractivity contribution in [3.8, 4) is 11.5 Å². The summed E-state index contributed by atoms with van der Waals surface area (Å²) in [6.07, 6.45) is 4.96. The van der Waals surface area contributed by atoms with Crippen molar-refractivity contribution in [3.63, 3.8) is 0 Å². The zero-order valence-corrected chi connectivity index (χ0v) is 21.4. The Kier molecular flexibility index (Phi) is 10.2. The zero-order chi connectivity index (χ0) is 25.0. The van der Waals surface area contributed by atoms with Gasteiger partial charge in [-0.05, 0) is 36.4 Å². The molecule has 0 aliphatic rings. The summed E-state index contributed by atoms with van der Waals surface area (Å²) in [6, 6.07) is 5.46. The second-order valence-corrected chi connectivity index (χ2v) is 8.49. The summed E-state index contributed by atoms with van der Waals surface area (Å²) in [7, 11) is 3.16. The van der Waals surface area contributed by atoms with Crippen molar-refractivity contribution in [2.24, 2.45) is 0 Å². The molecule has 2 heterocycles. The van der Waals surface area contributed by atoms with Crippen LogP contribution in [0.25, 0.3) is 17.1 Å². The number of carbonyl (C=O) groups excluding carboxylic acids is 1. The van der Waals surface area contributed by atoms with Gasteiger partial charge < -0.3 is 24.8 Å². The summed E-state index contributed by atoms with van der Waals surface area (Å²) in [5, 5.41) is 12.2. The topological polar surface area (TPSA) is 112 Å². The molecule has 11 heteroatoms. The van der Waals surface area contributed by atoms with Crippen LogP contribution in [-0.2, 0) is 16.1 Å². The summed E-state index contributed by atoms with van der Waals surface area (Å²) in [5.74, 6) is 2.64. The summed E-state index contributed by atoms with van der Waals surface area (Å²) in [6.45, 7) is 6.81. The number of nitrogens with zero attached hydrogens (tertiary/aromatic N) is 4. The number of fused-ring (bicyclic) bond motifs is 1. The molecule has 2 aromatic heterocycles. The summed E-state index contributed by atoms with van der Waals surface area (Å²) in [4.78, 5) is 21.6. The van der Waals surface area contributed by atoms with E-state index >= 15 is 0 Å². The molecule has 0 atom stereocenters. The molecule has 0 radical (unpaired) electrons. The first-order valence-electron chi connectivity index (χ1n) is 11.5. The largest absolute Gasteiger partial charge is 0.493 e.